The molecule has 0 amide bonds. The highest BCUT2D eigenvalue weighted by molar-refractivity contribution is 7.80. The van der Waals surface area contributed by atoms with Crippen LogP contribution in [-0.2, 0) is 11.3 Å². The van der Waals surface area contributed by atoms with Crippen molar-refractivity contribution < 1.29 is 9.90 Å². The maximum Gasteiger partial charge on any atom is 0.303 e. The number of carboxylic acids is 1. The molecule has 4 unspecified atom stereocenters. The van der Waals surface area contributed by atoms with E-state index in [1.54, 1.807) is 0 Å². The van der Waals surface area contributed by atoms with Crippen molar-refractivity contribution in [1.82, 2.24) is 10.7 Å². The summed E-state index contributed by atoms with van der Waals surface area (Å²) in [6, 6.07) is 10.2. The van der Waals surface area contributed by atoms with E-state index < -0.39 is 5.97 Å². The molecule has 2 aliphatic carbocycles. The molecule has 0 heterocycles. The van der Waals surface area contributed by atoms with Crippen LogP contribution >= 0.6 is 12.2 Å². The smallest absolute Gasteiger partial charge is 0.303 e. The summed E-state index contributed by atoms with van der Waals surface area (Å²) in [5.41, 5.74) is 4.15. The molecule has 4 atom stereocenters. The number of benzene rings is 1. The molecule has 6 heteroatoms. The third-order valence-corrected chi connectivity index (χ3v) is 6.44. The van der Waals surface area contributed by atoms with Crippen LogP contribution in [0.15, 0.2) is 47.6 Å². The maximum atomic E-state index is 10.6. The third kappa shape index (κ3) is 6.67. The lowest BCUT2D eigenvalue weighted by molar-refractivity contribution is -0.137. The molecular weight excluding hydrogens is 382 g/mol. The SMILES string of the molecule is O=C(O)CCCC=CCC1C2CCC(C2)C1C=NNC(=S)NCc1ccccc1. The molecule has 3 N–H and O–H groups in total. The van der Waals surface area contributed by atoms with Crippen LogP contribution in [0, 0.1) is 23.7 Å². The minimum atomic E-state index is -0.716. The summed E-state index contributed by atoms with van der Waals surface area (Å²) < 4.78 is 0. The second-order valence-corrected chi connectivity index (χ2v) is 8.53. The molecule has 5 nitrogen and oxygen atoms in total. The Morgan fingerprint density at radius 2 is 2.00 bits per heavy atom. The van der Waals surface area contributed by atoms with Gasteiger partial charge in [-0.05, 0) is 74.1 Å². The maximum absolute atomic E-state index is 10.6. The predicted molar refractivity (Wildman–Crippen MR) is 121 cm³/mol. The van der Waals surface area contributed by atoms with Crippen molar-refractivity contribution in [3.05, 3.63) is 48.0 Å². The minimum absolute atomic E-state index is 0.248. The average molecular weight is 414 g/mol. The van der Waals surface area contributed by atoms with Gasteiger partial charge in [0.15, 0.2) is 5.11 Å². The summed E-state index contributed by atoms with van der Waals surface area (Å²) in [4.78, 5) is 10.6. The molecule has 1 aromatic carbocycles. The first-order valence-corrected chi connectivity index (χ1v) is 11.0. The first-order chi connectivity index (χ1) is 14.1. The van der Waals surface area contributed by atoms with Gasteiger partial charge in [-0.2, -0.15) is 5.10 Å². The molecule has 2 aliphatic rings. The van der Waals surface area contributed by atoms with Gasteiger partial charge in [0.1, 0.15) is 0 Å². The molecule has 0 saturated heterocycles. The first kappa shape index (κ1) is 21.5. The van der Waals surface area contributed by atoms with E-state index in [1.165, 1.54) is 24.8 Å². The summed E-state index contributed by atoms with van der Waals surface area (Å²) in [5, 5.41) is 16.9. The van der Waals surface area contributed by atoms with Gasteiger partial charge in [-0.3, -0.25) is 10.2 Å². The molecule has 156 valence electrons. The fraction of sp³-hybridized carbons (Fsp3) is 0.522. The van der Waals surface area contributed by atoms with Gasteiger partial charge in [-0.15, -0.1) is 0 Å². The van der Waals surface area contributed by atoms with Gasteiger partial charge < -0.3 is 10.4 Å². The lowest BCUT2D eigenvalue weighted by atomic mass is 9.78. The van der Waals surface area contributed by atoms with E-state index in [0.717, 1.165) is 24.7 Å². The lowest BCUT2D eigenvalue weighted by Crippen LogP contribution is -2.32. The van der Waals surface area contributed by atoms with E-state index in [0.29, 0.717) is 29.9 Å². The summed E-state index contributed by atoms with van der Waals surface area (Å²) in [6.45, 7) is 0.686. The first-order valence-electron chi connectivity index (χ1n) is 10.6. The number of hydrogen-bond donors (Lipinski definition) is 3. The Balaban J connectivity index is 1.42. The minimum Gasteiger partial charge on any atom is -0.481 e. The molecule has 0 aliphatic heterocycles. The highest BCUT2D eigenvalue weighted by Crippen LogP contribution is 2.52. The van der Waals surface area contributed by atoms with Gasteiger partial charge in [0.2, 0.25) is 0 Å². The van der Waals surface area contributed by atoms with Crippen molar-refractivity contribution in [2.45, 2.75) is 51.5 Å². The fourth-order valence-electron chi connectivity index (χ4n) is 4.78. The summed E-state index contributed by atoms with van der Waals surface area (Å²) >= 11 is 5.33. The number of nitrogens with one attached hydrogen (secondary N) is 2. The second kappa shape index (κ2) is 11.1. The predicted octanol–water partition coefficient (Wildman–Crippen LogP) is 4.50. The molecule has 29 heavy (non-hydrogen) atoms. The van der Waals surface area contributed by atoms with E-state index in [-0.39, 0.29) is 6.42 Å². The normalized spacial score (nSPS) is 25.7. The van der Waals surface area contributed by atoms with E-state index in [1.807, 2.05) is 18.2 Å². The van der Waals surface area contributed by atoms with Crippen molar-refractivity contribution in [2.75, 3.05) is 0 Å². The van der Waals surface area contributed by atoms with Crippen LogP contribution < -0.4 is 10.7 Å². The summed E-state index contributed by atoms with van der Waals surface area (Å²) in [6.07, 6.45) is 13.3. The molecule has 1 aromatic rings. The Kier molecular flexibility index (Phi) is 8.23. The van der Waals surface area contributed by atoms with Gasteiger partial charge in [0, 0.05) is 25.1 Å². The van der Waals surface area contributed by atoms with Crippen molar-refractivity contribution in [3.8, 4) is 0 Å². The number of unbranched alkanes of at least 4 members (excludes halogenated alkanes) is 1. The number of rotatable bonds is 10. The molecule has 3 rings (SSSR count). The van der Waals surface area contributed by atoms with Crippen molar-refractivity contribution in [3.63, 3.8) is 0 Å². The van der Waals surface area contributed by atoms with Crippen LogP contribution in [0.4, 0.5) is 0 Å². The number of carboxylic acid groups (broad SMARTS) is 1. The van der Waals surface area contributed by atoms with Crippen molar-refractivity contribution >= 4 is 29.5 Å². The van der Waals surface area contributed by atoms with Crippen LogP contribution in [0.25, 0.3) is 0 Å². The van der Waals surface area contributed by atoms with Gasteiger partial charge in [0.25, 0.3) is 0 Å². The largest absolute Gasteiger partial charge is 0.481 e. The zero-order valence-corrected chi connectivity index (χ0v) is 17.6. The molecule has 2 saturated carbocycles. The molecule has 0 spiro atoms. The number of thiocarbonyl (C=S) groups is 1. The Morgan fingerprint density at radius 1 is 1.21 bits per heavy atom. The monoisotopic (exact) mass is 413 g/mol. The number of carbonyl (C=O) groups is 1. The number of nitrogens with zero attached hydrogens (tertiary/aromatic N) is 1. The zero-order chi connectivity index (χ0) is 20.5. The van der Waals surface area contributed by atoms with E-state index in [9.17, 15) is 4.79 Å². The Morgan fingerprint density at radius 3 is 2.79 bits per heavy atom. The van der Waals surface area contributed by atoms with Crippen LogP contribution in [-0.4, -0.2) is 22.4 Å². The third-order valence-electron chi connectivity index (χ3n) is 6.20. The van der Waals surface area contributed by atoms with E-state index in [2.05, 4.69) is 46.3 Å². The van der Waals surface area contributed by atoms with Gasteiger partial charge >= 0.3 is 5.97 Å². The van der Waals surface area contributed by atoms with Gasteiger partial charge in [0.05, 0.1) is 0 Å². The highest BCUT2D eigenvalue weighted by Gasteiger charge is 2.45. The van der Waals surface area contributed by atoms with Crippen LogP contribution in [0.5, 0.6) is 0 Å². The Hall–Kier alpha value is -2.21. The van der Waals surface area contributed by atoms with Gasteiger partial charge in [-0.1, -0.05) is 42.5 Å². The number of aliphatic carboxylic acids is 1. The van der Waals surface area contributed by atoms with Crippen molar-refractivity contribution in [2.24, 2.45) is 28.8 Å². The molecule has 0 radical (unpaired) electrons. The highest BCUT2D eigenvalue weighted by atomic mass is 32.1. The van der Waals surface area contributed by atoms with E-state index in [4.69, 9.17) is 17.3 Å². The van der Waals surface area contributed by atoms with E-state index >= 15 is 0 Å². The second-order valence-electron chi connectivity index (χ2n) is 8.13. The zero-order valence-electron chi connectivity index (χ0n) is 16.8. The molecule has 2 fully saturated rings. The summed E-state index contributed by atoms with van der Waals surface area (Å²) in [5.74, 6) is 1.96. The molecular formula is C23H31N3O2S. The number of hydrazone groups is 1. The molecule has 2 bridgehead atoms. The number of hydrogen-bond acceptors (Lipinski definition) is 3. The Bertz CT molecular complexity index is 735. The molecule has 0 aromatic heterocycles. The quantitative estimate of drug-likeness (QED) is 0.173. The Labute approximate surface area is 178 Å². The topological polar surface area (TPSA) is 73.7 Å². The van der Waals surface area contributed by atoms with Crippen LogP contribution in [0.2, 0.25) is 0 Å². The van der Waals surface area contributed by atoms with Crippen LogP contribution in [0.3, 0.4) is 0 Å². The fourth-order valence-corrected chi connectivity index (χ4v) is 4.90. The lowest BCUT2D eigenvalue weighted by Gasteiger charge is -2.27. The number of fused-ring (bicyclic) bond motifs is 2. The summed E-state index contributed by atoms with van der Waals surface area (Å²) in [7, 11) is 0. The van der Waals surface area contributed by atoms with Gasteiger partial charge in [-0.25, -0.2) is 0 Å². The number of allylic oxidation sites excluding steroid dienone is 2. The standard InChI is InChI=1S/C23H31N3O2S/c27-22(28)11-7-2-1-6-10-20-18-12-13-19(14-18)21(20)16-25-26-23(29)24-15-17-8-4-3-5-9-17/h1,3-6,8-9,16,18-21H,2,7,10-15H2,(H,27,28)(H2,24,26,29). The average Bonchev–Trinajstić information content (AvgIpc) is 3.32. The van der Waals surface area contributed by atoms with Crippen molar-refractivity contribution in [1.29, 1.82) is 0 Å². The van der Waals surface area contributed by atoms with Crippen LogP contribution in [0.1, 0.15) is 50.5 Å².